The van der Waals surface area contributed by atoms with Crippen LogP contribution in [0, 0.1) is 13.8 Å². The van der Waals surface area contributed by atoms with Gasteiger partial charge < -0.3 is 13.9 Å². The fraction of sp³-hybridized carbons (Fsp3) is 0.154. The highest BCUT2D eigenvalue weighted by molar-refractivity contribution is 6.33. The molecule has 1 aromatic heterocycles. The highest BCUT2D eigenvalue weighted by atomic mass is 35.5. The van der Waals surface area contributed by atoms with Crippen LogP contribution in [0.15, 0.2) is 69.9 Å². The molecule has 0 radical (unpaired) electrons. The van der Waals surface area contributed by atoms with Crippen LogP contribution in [-0.4, -0.2) is 19.5 Å². The molecule has 1 heterocycles. The maximum Gasteiger partial charge on any atom is 0.235 e. The molecule has 0 bridgehead atoms. The average molecular weight is 449 g/mol. The van der Waals surface area contributed by atoms with Crippen molar-refractivity contribution in [1.82, 2.24) is 0 Å². The monoisotopic (exact) mass is 448 g/mol. The summed E-state index contributed by atoms with van der Waals surface area (Å²) in [7, 11) is 1.55. The standard InChI is InChI=1S/C26H21ClO5/c1-15-12-16(2)24-20(13-15)23(29)26(25(32-24)19-6-4-5-7-21(19)27)31-14-22(28)17-8-10-18(30-3)11-9-17/h4-13H,14H2,1-3H3. The molecule has 0 unspecified atom stereocenters. The first-order chi connectivity index (χ1) is 15.4. The van der Waals surface area contributed by atoms with Crippen molar-refractivity contribution >= 4 is 28.4 Å². The van der Waals surface area contributed by atoms with Gasteiger partial charge in [0.15, 0.2) is 18.2 Å². The zero-order valence-corrected chi connectivity index (χ0v) is 18.7. The molecule has 0 aliphatic carbocycles. The molecule has 0 fully saturated rings. The lowest BCUT2D eigenvalue weighted by Gasteiger charge is -2.14. The number of aryl methyl sites for hydroxylation is 2. The average Bonchev–Trinajstić information content (AvgIpc) is 2.79. The van der Waals surface area contributed by atoms with E-state index in [1.807, 2.05) is 19.9 Å². The summed E-state index contributed by atoms with van der Waals surface area (Å²) in [5.41, 5.74) is 2.82. The Morgan fingerprint density at radius 2 is 1.75 bits per heavy atom. The van der Waals surface area contributed by atoms with Crippen molar-refractivity contribution < 1.29 is 18.7 Å². The van der Waals surface area contributed by atoms with Crippen LogP contribution in [-0.2, 0) is 0 Å². The van der Waals surface area contributed by atoms with Gasteiger partial charge in [0.05, 0.1) is 17.5 Å². The molecule has 162 valence electrons. The van der Waals surface area contributed by atoms with Crippen LogP contribution < -0.4 is 14.9 Å². The lowest BCUT2D eigenvalue weighted by molar-refractivity contribution is 0.0920. The van der Waals surface area contributed by atoms with Crippen molar-refractivity contribution in [3.05, 3.63) is 92.6 Å². The molecule has 32 heavy (non-hydrogen) atoms. The summed E-state index contributed by atoms with van der Waals surface area (Å²) >= 11 is 6.39. The summed E-state index contributed by atoms with van der Waals surface area (Å²) < 4.78 is 17.1. The van der Waals surface area contributed by atoms with Gasteiger partial charge in [-0.2, -0.15) is 0 Å². The molecule has 0 aliphatic rings. The van der Waals surface area contributed by atoms with Gasteiger partial charge in [-0.1, -0.05) is 29.8 Å². The van der Waals surface area contributed by atoms with Crippen molar-refractivity contribution in [3.8, 4) is 22.8 Å². The second kappa shape index (κ2) is 8.89. The van der Waals surface area contributed by atoms with Crippen LogP contribution in [0.5, 0.6) is 11.5 Å². The Hall–Kier alpha value is -3.57. The number of methoxy groups -OCH3 is 1. The Bertz CT molecular complexity index is 1370. The van der Waals surface area contributed by atoms with E-state index < -0.39 is 0 Å². The summed E-state index contributed by atoms with van der Waals surface area (Å²) in [4.78, 5) is 26.1. The minimum absolute atomic E-state index is 0.0440. The van der Waals surface area contributed by atoms with Gasteiger partial charge in [0, 0.05) is 11.1 Å². The second-order valence-electron chi connectivity index (χ2n) is 7.47. The molecule has 0 amide bonds. The number of fused-ring (bicyclic) bond motifs is 1. The number of halogens is 1. The summed E-state index contributed by atoms with van der Waals surface area (Å²) in [6.07, 6.45) is 0. The number of rotatable bonds is 6. The Kier molecular flexibility index (Phi) is 6.01. The molecule has 0 saturated heterocycles. The fourth-order valence-electron chi connectivity index (χ4n) is 3.58. The molecule has 0 atom stereocenters. The Morgan fingerprint density at radius 1 is 1.03 bits per heavy atom. The van der Waals surface area contributed by atoms with Gasteiger partial charge in [-0.3, -0.25) is 9.59 Å². The van der Waals surface area contributed by atoms with Crippen LogP contribution in [0.25, 0.3) is 22.3 Å². The number of carbonyl (C=O) groups excluding carboxylic acids is 1. The lowest BCUT2D eigenvalue weighted by Crippen LogP contribution is -2.17. The minimum atomic E-state index is -0.351. The van der Waals surface area contributed by atoms with Crippen molar-refractivity contribution in [2.75, 3.05) is 13.7 Å². The van der Waals surface area contributed by atoms with E-state index >= 15 is 0 Å². The Balaban J connectivity index is 1.80. The first-order valence-electron chi connectivity index (χ1n) is 10.0. The number of hydrogen-bond acceptors (Lipinski definition) is 5. The van der Waals surface area contributed by atoms with Crippen LogP contribution in [0.4, 0.5) is 0 Å². The minimum Gasteiger partial charge on any atom is -0.497 e. The van der Waals surface area contributed by atoms with Crippen molar-refractivity contribution in [2.45, 2.75) is 13.8 Å². The molecule has 6 heteroatoms. The lowest BCUT2D eigenvalue weighted by atomic mass is 10.1. The Morgan fingerprint density at radius 3 is 2.44 bits per heavy atom. The predicted octanol–water partition coefficient (Wildman–Crippen LogP) is 6.00. The van der Waals surface area contributed by atoms with E-state index in [1.54, 1.807) is 61.7 Å². The van der Waals surface area contributed by atoms with E-state index in [9.17, 15) is 9.59 Å². The second-order valence-corrected chi connectivity index (χ2v) is 7.88. The predicted molar refractivity (Wildman–Crippen MR) is 125 cm³/mol. The highest BCUT2D eigenvalue weighted by Gasteiger charge is 2.22. The number of benzene rings is 3. The molecule has 0 spiro atoms. The number of ether oxygens (including phenoxy) is 2. The summed E-state index contributed by atoms with van der Waals surface area (Å²) in [6, 6.07) is 17.4. The number of carbonyl (C=O) groups is 1. The van der Waals surface area contributed by atoms with Gasteiger partial charge in [-0.05, 0) is 67.4 Å². The largest absolute Gasteiger partial charge is 0.497 e. The first kappa shape index (κ1) is 21.7. The summed E-state index contributed by atoms with van der Waals surface area (Å²) in [5, 5.41) is 0.802. The third kappa shape index (κ3) is 4.12. The topological polar surface area (TPSA) is 65.7 Å². The van der Waals surface area contributed by atoms with Crippen molar-refractivity contribution in [3.63, 3.8) is 0 Å². The van der Waals surface area contributed by atoms with Crippen molar-refractivity contribution in [1.29, 1.82) is 0 Å². The molecular formula is C26H21ClO5. The van der Waals surface area contributed by atoms with Crippen LogP contribution in [0.2, 0.25) is 5.02 Å². The van der Waals surface area contributed by atoms with Gasteiger partial charge in [0.1, 0.15) is 11.3 Å². The zero-order chi connectivity index (χ0) is 22.8. The number of ketones is 1. The van der Waals surface area contributed by atoms with Crippen LogP contribution in [0.1, 0.15) is 21.5 Å². The number of Topliss-reactive ketones (excluding diaryl/α,β-unsaturated/α-hetero) is 1. The van der Waals surface area contributed by atoms with Crippen molar-refractivity contribution in [2.24, 2.45) is 0 Å². The normalized spacial score (nSPS) is 10.9. The van der Waals surface area contributed by atoms with Gasteiger partial charge in [-0.15, -0.1) is 0 Å². The smallest absolute Gasteiger partial charge is 0.235 e. The van der Waals surface area contributed by atoms with E-state index in [2.05, 4.69) is 0 Å². The van der Waals surface area contributed by atoms with E-state index in [1.165, 1.54) is 0 Å². The summed E-state index contributed by atoms with van der Waals surface area (Å²) in [6.45, 7) is 3.45. The zero-order valence-electron chi connectivity index (χ0n) is 17.9. The molecular weight excluding hydrogens is 428 g/mol. The van der Waals surface area contributed by atoms with E-state index in [-0.39, 0.29) is 29.3 Å². The third-order valence-electron chi connectivity index (χ3n) is 5.16. The van der Waals surface area contributed by atoms with Gasteiger partial charge in [0.2, 0.25) is 11.2 Å². The van der Waals surface area contributed by atoms with E-state index in [4.69, 9.17) is 25.5 Å². The quantitative estimate of drug-likeness (QED) is 0.338. The molecule has 0 aliphatic heterocycles. The molecule has 3 aromatic carbocycles. The SMILES string of the molecule is COc1ccc(C(=O)COc2c(-c3ccccc3Cl)oc3c(C)cc(C)cc3c2=O)cc1. The van der Waals surface area contributed by atoms with Gasteiger partial charge >= 0.3 is 0 Å². The molecule has 0 saturated carbocycles. The fourth-order valence-corrected chi connectivity index (χ4v) is 3.81. The maximum absolute atomic E-state index is 13.4. The molecule has 0 N–H and O–H groups in total. The Labute approximate surface area is 190 Å². The van der Waals surface area contributed by atoms with E-state index in [0.29, 0.717) is 32.9 Å². The van der Waals surface area contributed by atoms with Crippen LogP contribution in [0.3, 0.4) is 0 Å². The third-order valence-corrected chi connectivity index (χ3v) is 5.49. The summed E-state index contributed by atoms with van der Waals surface area (Å²) in [5.74, 6) is 0.516. The van der Waals surface area contributed by atoms with Gasteiger partial charge in [0.25, 0.3) is 0 Å². The van der Waals surface area contributed by atoms with Gasteiger partial charge in [-0.25, -0.2) is 0 Å². The highest BCUT2D eigenvalue weighted by Crippen LogP contribution is 2.36. The van der Waals surface area contributed by atoms with Crippen LogP contribution >= 0.6 is 11.6 Å². The molecule has 4 aromatic rings. The number of hydrogen-bond donors (Lipinski definition) is 0. The maximum atomic E-state index is 13.4. The van der Waals surface area contributed by atoms with E-state index in [0.717, 1.165) is 11.1 Å². The molecule has 4 rings (SSSR count). The molecule has 5 nitrogen and oxygen atoms in total. The first-order valence-corrected chi connectivity index (χ1v) is 10.4.